The van der Waals surface area contributed by atoms with E-state index in [0.29, 0.717) is 6.42 Å². The van der Waals surface area contributed by atoms with Crippen molar-refractivity contribution in [3.8, 4) is 0 Å². The summed E-state index contributed by atoms with van der Waals surface area (Å²) in [6.45, 7) is 2.79. The topological polar surface area (TPSA) is 49.4 Å². The predicted octanol–water partition coefficient (Wildman–Crippen LogP) is 4.07. The van der Waals surface area contributed by atoms with Gasteiger partial charge in [0.15, 0.2) is 0 Å². The van der Waals surface area contributed by atoms with Crippen molar-refractivity contribution >= 4 is 17.5 Å². The summed E-state index contributed by atoms with van der Waals surface area (Å²) in [5, 5.41) is 2.52. The molecule has 142 valence electrons. The molecule has 2 amide bonds. The van der Waals surface area contributed by atoms with Crippen molar-refractivity contribution in [3.05, 3.63) is 29.8 Å². The minimum Gasteiger partial charge on any atom is -0.339 e. The Labute approximate surface area is 150 Å². The number of likely N-dealkylation sites (tertiary alicyclic amines) is 1. The van der Waals surface area contributed by atoms with E-state index in [1.165, 1.54) is 12.1 Å². The molecule has 1 aliphatic carbocycles. The molecule has 1 N–H and O–H groups in total. The van der Waals surface area contributed by atoms with Crippen molar-refractivity contribution in [2.45, 2.75) is 51.2 Å². The van der Waals surface area contributed by atoms with Crippen molar-refractivity contribution in [1.82, 2.24) is 4.90 Å². The summed E-state index contributed by atoms with van der Waals surface area (Å²) < 4.78 is 38.3. The Balaban J connectivity index is 1.60. The number of alkyl halides is 3. The predicted molar refractivity (Wildman–Crippen MR) is 91.3 cm³/mol. The number of carbonyl (C=O) groups excluding carboxylic acids is 2. The van der Waals surface area contributed by atoms with Crippen LogP contribution in [0.4, 0.5) is 18.9 Å². The highest BCUT2D eigenvalue weighted by Crippen LogP contribution is 2.42. The number of nitrogens with zero attached hydrogens (tertiary/aromatic N) is 1. The number of halogens is 3. The zero-order valence-corrected chi connectivity index (χ0v) is 14.7. The molecule has 3 rings (SSSR count). The van der Waals surface area contributed by atoms with Crippen LogP contribution in [0.15, 0.2) is 24.3 Å². The van der Waals surface area contributed by atoms with Crippen LogP contribution in [0, 0.1) is 11.8 Å². The molecule has 4 nitrogen and oxygen atoms in total. The average Bonchev–Trinajstić information content (AvgIpc) is 3.41. The normalized spacial score (nSPS) is 25.7. The first-order valence-corrected chi connectivity index (χ1v) is 9.10. The maximum absolute atomic E-state index is 12.8. The van der Waals surface area contributed by atoms with Crippen LogP contribution < -0.4 is 5.32 Å². The Bertz CT molecular complexity index is 690. The molecule has 0 radical (unpaired) electrons. The van der Waals surface area contributed by atoms with E-state index >= 15 is 0 Å². The summed E-state index contributed by atoms with van der Waals surface area (Å²) >= 11 is 0. The van der Waals surface area contributed by atoms with Crippen molar-refractivity contribution in [2.75, 3.05) is 11.9 Å². The van der Waals surface area contributed by atoms with Crippen LogP contribution in [-0.2, 0) is 15.8 Å². The molecule has 1 aromatic carbocycles. The first kappa shape index (κ1) is 18.7. The molecule has 2 aliphatic rings. The fourth-order valence-corrected chi connectivity index (χ4v) is 3.69. The zero-order valence-electron chi connectivity index (χ0n) is 14.7. The maximum atomic E-state index is 12.8. The van der Waals surface area contributed by atoms with Gasteiger partial charge in [-0.3, -0.25) is 9.59 Å². The fraction of sp³-hybridized carbons (Fsp3) is 0.579. The highest BCUT2D eigenvalue weighted by Gasteiger charge is 2.50. The maximum Gasteiger partial charge on any atom is 0.416 e. The molecule has 1 saturated carbocycles. The number of piperidine rings is 1. The van der Waals surface area contributed by atoms with E-state index in [1.807, 2.05) is 4.90 Å². The molecule has 3 unspecified atom stereocenters. The Morgan fingerprint density at radius 3 is 2.69 bits per heavy atom. The number of hydrogen-bond donors (Lipinski definition) is 1. The van der Waals surface area contributed by atoms with Crippen LogP contribution in [0.3, 0.4) is 0 Å². The average molecular weight is 368 g/mol. The number of hydrogen-bond acceptors (Lipinski definition) is 2. The van der Waals surface area contributed by atoms with Crippen molar-refractivity contribution in [2.24, 2.45) is 11.8 Å². The number of amides is 2. The van der Waals surface area contributed by atoms with E-state index in [4.69, 9.17) is 0 Å². The van der Waals surface area contributed by atoms with Gasteiger partial charge in [-0.1, -0.05) is 13.0 Å². The van der Waals surface area contributed by atoms with Gasteiger partial charge in [-0.05, 0) is 50.3 Å². The van der Waals surface area contributed by atoms with Crippen LogP contribution >= 0.6 is 0 Å². The highest BCUT2D eigenvalue weighted by atomic mass is 19.4. The third-order valence-electron chi connectivity index (χ3n) is 5.28. The number of anilines is 1. The van der Waals surface area contributed by atoms with Gasteiger partial charge in [0.05, 0.1) is 17.4 Å². The van der Waals surface area contributed by atoms with Crippen molar-refractivity contribution < 1.29 is 22.8 Å². The van der Waals surface area contributed by atoms with Crippen LogP contribution in [-0.4, -0.2) is 29.3 Å². The van der Waals surface area contributed by atoms with E-state index in [1.54, 1.807) is 0 Å². The second-order valence-corrected chi connectivity index (χ2v) is 7.11. The monoisotopic (exact) mass is 368 g/mol. The lowest BCUT2D eigenvalue weighted by molar-refractivity contribution is -0.138. The Morgan fingerprint density at radius 1 is 1.23 bits per heavy atom. The molecular weight excluding hydrogens is 345 g/mol. The van der Waals surface area contributed by atoms with Crippen LogP contribution in [0.2, 0.25) is 0 Å². The second-order valence-electron chi connectivity index (χ2n) is 7.11. The van der Waals surface area contributed by atoms with Crippen LogP contribution in [0.25, 0.3) is 0 Å². The van der Waals surface area contributed by atoms with Crippen LogP contribution in [0.1, 0.15) is 44.6 Å². The lowest BCUT2D eigenvalue weighted by Gasteiger charge is -2.35. The molecular formula is C19H23F3N2O2. The minimum absolute atomic E-state index is 0.0146. The van der Waals surface area contributed by atoms with Gasteiger partial charge >= 0.3 is 6.18 Å². The number of carbonyl (C=O) groups is 2. The molecule has 0 aromatic heterocycles. The Kier molecular flexibility index (Phi) is 5.25. The van der Waals surface area contributed by atoms with Crippen molar-refractivity contribution in [3.63, 3.8) is 0 Å². The van der Waals surface area contributed by atoms with Gasteiger partial charge in [0.25, 0.3) is 0 Å². The number of nitrogens with one attached hydrogen (secondary N) is 1. The van der Waals surface area contributed by atoms with Crippen LogP contribution in [0.5, 0.6) is 0 Å². The van der Waals surface area contributed by atoms with E-state index in [9.17, 15) is 22.8 Å². The number of benzene rings is 1. The van der Waals surface area contributed by atoms with E-state index in [2.05, 4.69) is 12.2 Å². The molecule has 1 heterocycles. The molecule has 0 bridgehead atoms. The minimum atomic E-state index is -4.46. The van der Waals surface area contributed by atoms with Gasteiger partial charge in [0.2, 0.25) is 11.8 Å². The van der Waals surface area contributed by atoms with Crippen molar-refractivity contribution in [1.29, 1.82) is 0 Å². The lowest BCUT2D eigenvalue weighted by atomic mass is 9.99. The third-order valence-corrected chi connectivity index (χ3v) is 5.28. The summed E-state index contributed by atoms with van der Waals surface area (Å²) in [5.74, 6) is -1.15. The van der Waals surface area contributed by atoms with Gasteiger partial charge in [0.1, 0.15) is 0 Å². The first-order valence-electron chi connectivity index (χ1n) is 9.10. The van der Waals surface area contributed by atoms with E-state index < -0.39 is 17.7 Å². The molecule has 7 heteroatoms. The smallest absolute Gasteiger partial charge is 0.339 e. The molecule has 0 spiro atoms. The Hall–Kier alpha value is -2.05. The summed E-state index contributed by atoms with van der Waals surface area (Å²) in [7, 11) is 0. The quantitative estimate of drug-likeness (QED) is 0.871. The molecule has 3 atom stereocenters. The lowest BCUT2D eigenvalue weighted by Crippen LogP contribution is -2.44. The van der Waals surface area contributed by atoms with Gasteiger partial charge < -0.3 is 10.2 Å². The zero-order chi connectivity index (χ0) is 18.9. The summed E-state index contributed by atoms with van der Waals surface area (Å²) in [4.78, 5) is 26.9. The van der Waals surface area contributed by atoms with E-state index in [0.717, 1.165) is 44.4 Å². The second kappa shape index (κ2) is 7.29. The van der Waals surface area contributed by atoms with Gasteiger partial charge in [-0.15, -0.1) is 0 Å². The van der Waals surface area contributed by atoms with E-state index in [-0.39, 0.29) is 29.5 Å². The standard InChI is InChI=1S/C19H23F3N2O2/c1-2-14-8-3-4-9-24(14)18(26)16-11-15(16)17(25)23-13-7-5-6-12(10-13)19(20,21)22/h5-7,10,14-16H,2-4,8-9,11H2,1H3,(H,23,25). The molecule has 1 aliphatic heterocycles. The van der Waals surface area contributed by atoms with Gasteiger partial charge in [0, 0.05) is 18.3 Å². The Morgan fingerprint density at radius 2 is 2.00 bits per heavy atom. The SMILES string of the molecule is CCC1CCCCN1C(=O)C1CC1C(=O)Nc1cccc(C(F)(F)F)c1. The summed E-state index contributed by atoms with van der Waals surface area (Å²) in [5.41, 5.74) is -0.704. The molecule has 1 aromatic rings. The summed E-state index contributed by atoms with van der Waals surface area (Å²) in [6, 6.07) is 4.79. The molecule has 1 saturated heterocycles. The summed E-state index contributed by atoms with van der Waals surface area (Å²) in [6.07, 6.45) is 0.0108. The van der Waals surface area contributed by atoms with Gasteiger partial charge in [-0.25, -0.2) is 0 Å². The number of rotatable bonds is 4. The first-order chi connectivity index (χ1) is 12.3. The molecule has 2 fully saturated rings. The highest BCUT2D eigenvalue weighted by molar-refractivity contribution is 5.99. The third kappa shape index (κ3) is 4.02. The molecule has 26 heavy (non-hydrogen) atoms. The van der Waals surface area contributed by atoms with Gasteiger partial charge in [-0.2, -0.15) is 13.2 Å². The fourth-order valence-electron chi connectivity index (χ4n) is 3.69. The largest absolute Gasteiger partial charge is 0.416 e.